The Hall–Kier alpha value is -2.43. The van der Waals surface area contributed by atoms with Crippen molar-refractivity contribution in [3.63, 3.8) is 0 Å². The molecule has 3 rings (SSSR count). The molecule has 0 amide bonds. The third-order valence-corrected chi connectivity index (χ3v) is 3.64. The fourth-order valence-corrected chi connectivity index (χ4v) is 2.80. The Balaban J connectivity index is 2.48. The minimum absolute atomic E-state index is 0.0352. The standard InChI is InChI=1S/C16H16O5/c1-8-5-10-6-11(18-3)14(19-4)16-13(10)15(20-7-21-16)12(8)9(2)17/h5-6H,7H2,1-4H3. The quantitative estimate of drug-likeness (QED) is 0.812. The van der Waals surface area contributed by atoms with Crippen LogP contribution in [-0.4, -0.2) is 26.8 Å². The Morgan fingerprint density at radius 2 is 1.86 bits per heavy atom. The molecule has 1 aliphatic heterocycles. The molecule has 2 aromatic carbocycles. The van der Waals surface area contributed by atoms with Crippen molar-refractivity contribution >= 4 is 16.6 Å². The molecule has 5 nitrogen and oxygen atoms in total. The van der Waals surface area contributed by atoms with E-state index in [0.717, 1.165) is 16.3 Å². The van der Waals surface area contributed by atoms with Gasteiger partial charge in [-0.3, -0.25) is 4.79 Å². The zero-order valence-electron chi connectivity index (χ0n) is 12.4. The Morgan fingerprint density at radius 1 is 1.14 bits per heavy atom. The van der Waals surface area contributed by atoms with Gasteiger partial charge in [0.15, 0.2) is 17.3 Å². The second-order valence-electron chi connectivity index (χ2n) is 4.90. The molecule has 0 unspecified atom stereocenters. The number of methoxy groups -OCH3 is 2. The van der Waals surface area contributed by atoms with Gasteiger partial charge in [0.2, 0.25) is 12.5 Å². The maximum Gasteiger partial charge on any atom is 0.231 e. The maximum absolute atomic E-state index is 11.9. The zero-order valence-corrected chi connectivity index (χ0v) is 12.4. The van der Waals surface area contributed by atoms with Crippen LogP contribution in [-0.2, 0) is 0 Å². The number of carbonyl (C=O) groups is 1. The number of ether oxygens (including phenoxy) is 4. The molecule has 0 aliphatic carbocycles. The molecule has 0 spiro atoms. The topological polar surface area (TPSA) is 54.0 Å². The summed E-state index contributed by atoms with van der Waals surface area (Å²) in [4.78, 5) is 11.9. The lowest BCUT2D eigenvalue weighted by atomic mass is 9.96. The fourth-order valence-electron chi connectivity index (χ4n) is 2.80. The first-order chi connectivity index (χ1) is 10.1. The SMILES string of the molecule is COc1cc2cc(C)c(C(C)=O)c3c2c(c1OC)OCO3. The molecule has 0 saturated heterocycles. The van der Waals surface area contributed by atoms with Gasteiger partial charge in [-0.1, -0.05) is 6.07 Å². The molecule has 0 N–H and O–H groups in total. The monoisotopic (exact) mass is 288 g/mol. The highest BCUT2D eigenvalue weighted by Crippen LogP contribution is 2.50. The lowest BCUT2D eigenvalue weighted by molar-refractivity contribution is 0.0964. The van der Waals surface area contributed by atoms with Crippen LogP contribution in [0.4, 0.5) is 0 Å². The Labute approximate surface area is 122 Å². The Bertz CT molecular complexity index is 748. The average Bonchev–Trinajstić information content (AvgIpc) is 2.46. The first-order valence-corrected chi connectivity index (χ1v) is 6.57. The lowest BCUT2D eigenvalue weighted by Crippen LogP contribution is -2.15. The van der Waals surface area contributed by atoms with Gasteiger partial charge in [0.05, 0.1) is 25.2 Å². The molecular weight excluding hydrogens is 272 g/mol. The van der Waals surface area contributed by atoms with Crippen LogP contribution in [0.5, 0.6) is 23.0 Å². The molecule has 0 saturated carbocycles. The van der Waals surface area contributed by atoms with Crippen LogP contribution < -0.4 is 18.9 Å². The molecule has 1 heterocycles. The van der Waals surface area contributed by atoms with Crippen molar-refractivity contribution in [2.45, 2.75) is 13.8 Å². The van der Waals surface area contributed by atoms with Crippen molar-refractivity contribution in [2.75, 3.05) is 21.0 Å². The van der Waals surface area contributed by atoms with Crippen LogP contribution in [0.25, 0.3) is 10.8 Å². The van der Waals surface area contributed by atoms with Crippen molar-refractivity contribution in [3.8, 4) is 23.0 Å². The van der Waals surface area contributed by atoms with E-state index in [4.69, 9.17) is 18.9 Å². The summed E-state index contributed by atoms with van der Waals surface area (Å²) in [5.74, 6) is 2.16. The van der Waals surface area contributed by atoms with E-state index < -0.39 is 0 Å². The molecule has 0 fully saturated rings. The van der Waals surface area contributed by atoms with E-state index in [1.54, 1.807) is 14.2 Å². The van der Waals surface area contributed by atoms with Gasteiger partial charge in [-0.05, 0) is 30.9 Å². The second kappa shape index (κ2) is 4.84. The van der Waals surface area contributed by atoms with Crippen LogP contribution in [0, 0.1) is 6.92 Å². The van der Waals surface area contributed by atoms with E-state index in [0.29, 0.717) is 28.6 Å². The number of carbonyl (C=O) groups excluding carboxylic acids is 1. The third-order valence-electron chi connectivity index (χ3n) is 3.64. The summed E-state index contributed by atoms with van der Waals surface area (Å²) in [7, 11) is 3.13. The molecule has 5 heteroatoms. The molecule has 2 aromatic rings. The summed E-state index contributed by atoms with van der Waals surface area (Å²) in [6, 6.07) is 3.79. The lowest BCUT2D eigenvalue weighted by Gasteiger charge is -2.24. The van der Waals surface area contributed by atoms with Gasteiger partial charge in [-0.15, -0.1) is 0 Å². The first-order valence-electron chi connectivity index (χ1n) is 6.57. The maximum atomic E-state index is 11.9. The largest absolute Gasteiger partial charge is 0.493 e. The summed E-state index contributed by atoms with van der Waals surface area (Å²) in [6.07, 6.45) is 0. The van der Waals surface area contributed by atoms with Gasteiger partial charge < -0.3 is 18.9 Å². The number of rotatable bonds is 3. The fraction of sp³-hybridized carbons (Fsp3) is 0.312. The van der Waals surface area contributed by atoms with Gasteiger partial charge >= 0.3 is 0 Å². The van der Waals surface area contributed by atoms with Gasteiger partial charge in [-0.2, -0.15) is 0 Å². The molecule has 0 aromatic heterocycles. The highest BCUT2D eigenvalue weighted by Gasteiger charge is 2.27. The van der Waals surface area contributed by atoms with Crippen molar-refractivity contribution in [2.24, 2.45) is 0 Å². The Morgan fingerprint density at radius 3 is 2.48 bits per heavy atom. The highest BCUT2D eigenvalue weighted by atomic mass is 16.7. The summed E-state index contributed by atoms with van der Waals surface area (Å²) in [5.41, 5.74) is 1.45. The smallest absolute Gasteiger partial charge is 0.231 e. The van der Waals surface area contributed by atoms with E-state index in [1.807, 2.05) is 19.1 Å². The minimum atomic E-state index is -0.0352. The number of hydrogen-bond donors (Lipinski definition) is 0. The molecule has 1 aliphatic rings. The Kier molecular flexibility index (Phi) is 3.12. The first kappa shape index (κ1) is 13.5. The van der Waals surface area contributed by atoms with Crippen molar-refractivity contribution < 1.29 is 23.7 Å². The number of Topliss-reactive ketones (excluding diaryl/α,β-unsaturated/α-hetero) is 1. The van der Waals surface area contributed by atoms with Crippen molar-refractivity contribution in [1.29, 1.82) is 0 Å². The highest BCUT2D eigenvalue weighted by molar-refractivity contribution is 6.08. The van der Waals surface area contributed by atoms with Gasteiger partial charge in [0.1, 0.15) is 5.75 Å². The van der Waals surface area contributed by atoms with Crippen molar-refractivity contribution in [3.05, 3.63) is 23.3 Å². The van der Waals surface area contributed by atoms with Crippen LogP contribution in [0.3, 0.4) is 0 Å². The number of hydrogen-bond acceptors (Lipinski definition) is 5. The predicted octanol–water partition coefficient (Wildman–Crippen LogP) is 3.10. The van der Waals surface area contributed by atoms with Crippen LogP contribution in [0.1, 0.15) is 22.8 Å². The molecular formula is C16H16O5. The predicted molar refractivity (Wildman–Crippen MR) is 77.9 cm³/mol. The van der Waals surface area contributed by atoms with E-state index in [-0.39, 0.29) is 12.6 Å². The molecule has 0 atom stereocenters. The van der Waals surface area contributed by atoms with Crippen LogP contribution in [0.2, 0.25) is 0 Å². The third kappa shape index (κ3) is 1.88. The summed E-state index contributed by atoms with van der Waals surface area (Å²) >= 11 is 0. The van der Waals surface area contributed by atoms with Crippen LogP contribution in [0.15, 0.2) is 12.1 Å². The van der Waals surface area contributed by atoms with Gasteiger partial charge in [-0.25, -0.2) is 0 Å². The van der Waals surface area contributed by atoms with E-state index in [9.17, 15) is 4.79 Å². The molecule has 110 valence electrons. The summed E-state index contributed by atoms with van der Waals surface area (Å²) in [6.45, 7) is 3.46. The average molecular weight is 288 g/mol. The van der Waals surface area contributed by atoms with E-state index in [2.05, 4.69) is 0 Å². The second-order valence-corrected chi connectivity index (χ2v) is 4.90. The van der Waals surface area contributed by atoms with E-state index >= 15 is 0 Å². The van der Waals surface area contributed by atoms with Crippen molar-refractivity contribution in [1.82, 2.24) is 0 Å². The molecule has 21 heavy (non-hydrogen) atoms. The molecule has 0 bridgehead atoms. The minimum Gasteiger partial charge on any atom is -0.493 e. The normalized spacial score (nSPS) is 12.6. The van der Waals surface area contributed by atoms with Crippen LogP contribution >= 0.6 is 0 Å². The van der Waals surface area contributed by atoms with Gasteiger partial charge in [0, 0.05) is 0 Å². The zero-order chi connectivity index (χ0) is 15.1. The van der Waals surface area contributed by atoms with E-state index in [1.165, 1.54) is 6.92 Å². The number of aryl methyl sites for hydroxylation is 1. The number of ketones is 1. The number of benzene rings is 2. The van der Waals surface area contributed by atoms with Gasteiger partial charge in [0.25, 0.3) is 0 Å². The molecule has 0 radical (unpaired) electrons. The summed E-state index contributed by atoms with van der Waals surface area (Å²) < 4.78 is 21.9. The summed E-state index contributed by atoms with van der Waals surface area (Å²) in [5, 5.41) is 1.63.